The van der Waals surface area contributed by atoms with Crippen molar-refractivity contribution in [3.05, 3.63) is 54.2 Å². The highest BCUT2D eigenvalue weighted by atomic mass is 16.3. The molecular formula is C23H32N4O2. The van der Waals surface area contributed by atoms with Crippen molar-refractivity contribution >= 4 is 5.91 Å². The minimum absolute atomic E-state index is 0.121. The predicted octanol–water partition coefficient (Wildman–Crippen LogP) is 3.01. The van der Waals surface area contributed by atoms with Crippen LogP contribution < -0.4 is 0 Å². The van der Waals surface area contributed by atoms with Gasteiger partial charge in [0.05, 0.1) is 18.4 Å². The third-order valence-corrected chi connectivity index (χ3v) is 6.41. The highest BCUT2D eigenvalue weighted by Gasteiger charge is 2.32. The zero-order valence-electron chi connectivity index (χ0n) is 17.4. The van der Waals surface area contributed by atoms with Crippen LogP contribution in [-0.2, 0) is 17.9 Å². The normalized spacial score (nSPS) is 21.9. The molecule has 6 heteroatoms. The number of carbonyl (C=O) groups is 1. The van der Waals surface area contributed by atoms with E-state index in [1.54, 1.807) is 12.5 Å². The Bertz CT molecular complexity index is 756. The molecular weight excluding hydrogens is 364 g/mol. The van der Waals surface area contributed by atoms with E-state index in [0.29, 0.717) is 12.6 Å². The van der Waals surface area contributed by atoms with Crippen molar-refractivity contribution in [2.45, 2.75) is 44.8 Å². The third kappa shape index (κ3) is 5.25. The van der Waals surface area contributed by atoms with E-state index in [1.165, 1.54) is 18.4 Å². The first-order valence-corrected chi connectivity index (χ1v) is 10.8. The second-order valence-electron chi connectivity index (χ2n) is 8.52. The van der Waals surface area contributed by atoms with E-state index in [1.807, 2.05) is 30.4 Å². The fourth-order valence-electron chi connectivity index (χ4n) is 4.77. The highest BCUT2D eigenvalue weighted by Crippen LogP contribution is 2.26. The second-order valence-corrected chi connectivity index (χ2v) is 8.52. The van der Waals surface area contributed by atoms with Gasteiger partial charge in [-0.1, -0.05) is 0 Å². The Morgan fingerprint density at radius 1 is 1.14 bits per heavy atom. The molecule has 4 rings (SSSR count). The number of pyridine rings is 1. The lowest BCUT2D eigenvalue weighted by Gasteiger charge is -2.42. The van der Waals surface area contributed by atoms with Crippen LogP contribution in [-0.4, -0.2) is 64.9 Å². The fourth-order valence-corrected chi connectivity index (χ4v) is 4.77. The molecule has 2 aromatic heterocycles. The van der Waals surface area contributed by atoms with E-state index < -0.39 is 0 Å². The van der Waals surface area contributed by atoms with Crippen LogP contribution in [0, 0.1) is 5.92 Å². The van der Waals surface area contributed by atoms with Gasteiger partial charge in [0.2, 0.25) is 5.91 Å². The zero-order valence-corrected chi connectivity index (χ0v) is 17.4. The molecule has 0 radical (unpaired) electrons. The first-order chi connectivity index (χ1) is 14.2. The lowest BCUT2D eigenvalue weighted by Crippen LogP contribution is -2.50. The van der Waals surface area contributed by atoms with Crippen molar-refractivity contribution in [1.29, 1.82) is 0 Å². The summed E-state index contributed by atoms with van der Waals surface area (Å²) < 4.78 is 5.13. The minimum atomic E-state index is 0.121. The van der Waals surface area contributed by atoms with Crippen molar-refractivity contribution in [1.82, 2.24) is 19.7 Å². The van der Waals surface area contributed by atoms with Crippen LogP contribution in [0.1, 0.15) is 36.8 Å². The third-order valence-electron chi connectivity index (χ3n) is 6.41. The molecule has 0 spiro atoms. The largest absolute Gasteiger partial charge is 0.472 e. The summed E-state index contributed by atoms with van der Waals surface area (Å²) in [6.07, 6.45) is 11.6. The Morgan fingerprint density at radius 3 is 2.66 bits per heavy atom. The number of nitrogens with zero attached hydrogens (tertiary/aromatic N) is 4. The lowest BCUT2D eigenvalue weighted by atomic mass is 9.92. The van der Waals surface area contributed by atoms with Crippen LogP contribution in [0.2, 0.25) is 0 Å². The van der Waals surface area contributed by atoms with Crippen LogP contribution in [0.5, 0.6) is 0 Å². The molecule has 2 aromatic rings. The van der Waals surface area contributed by atoms with Crippen LogP contribution in [0.4, 0.5) is 0 Å². The number of rotatable bonds is 6. The van der Waals surface area contributed by atoms with Gasteiger partial charge < -0.3 is 9.32 Å². The molecule has 1 atom stereocenters. The molecule has 0 saturated carbocycles. The lowest BCUT2D eigenvalue weighted by molar-refractivity contribution is -0.137. The van der Waals surface area contributed by atoms with Crippen LogP contribution >= 0.6 is 0 Å². The van der Waals surface area contributed by atoms with Crippen molar-refractivity contribution in [3.8, 4) is 0 Å². The number of carbonyl (C=O) groups excluding carboxylic acids is 1. The van der Waals surface area contributed by atoms with Gasteiger partial charge in [-0.25, -0.2) is 0 Å². The van der Waals surface area contributed by atoms with E-state index in [-0.39, 0.29) is 11.8 Å². The summed E-state index contributed by atoms with van der Waals surface area (Å²) in [5.74, 6) is 0.390. The Morgan fingerprint density at radius 2 is 1.93 bits per heavy atom. The van der Waals surface area contributed by atoms with Gasteiger partial charge in [-0.15, -0.1) is 0 Å². The van der Waals surface area contributed by atoms with Gasteiger partial charge in [0.25, 0.3) is 0 Å². The average Bonchev–Trinajstić information content (AvgIpc) is 3.27. The number of likely N-dealkylation sites (tertiary alicyclic amines) is 2. The number of hydrogen-bond donors (Lipinski definition) is 0. The molecule has 0 aromatic carbocycles. The molecule has 0 N–H and O–H groups in total. The van der Waals surface area contributed by atoms with Gasteiger partial charge in [0.1, 0.15) is 0 Å². The number of amides is 1. The van der Waals surface area contributed by atoms with E-state index in [2.05, 4.69) is 26.9 Å². The standard InChI is InChI=1S/C23H32N4O2/c1-25(15-20-8-14-29-18-20)23(28)21-3-2-11-27(17-21)22-6-12-26(13-7-22)16-19-4-9-24-10-5-19/h4-5,8-10,14,18,21-22H,2-3,6-7,11-13,15-17H2,1H3. The Hall–Kier alpha value is -2.18. The van der Waals surface area contributed by atoms with E-state index in [0.717, 1.165) is 51.1 Å². The Balaban J connectivity index is 1.26. The minimum Gasteiger partial charge on any atom is -0.472 e. The summed E-state index contributed by atoms with van der Waals surface area (Å²) in [6.45, 7) is 5.92. The molecule has 29 heavy (non-hydrogen) atoms. The molecule has 0 aliphatic carbocycles. The molecule has 0 bridgehead atoms. The van der Waals surface area contributed by atoms with Gasteiger partial charge in [-0.3, -0.25) is 19.6 Å². The monoisotopic (exact) mass is 396 g/mol. The van der Waals surface area contributed by atoms with Crippen molar-refractivity contribution in [2.24, 2.45) is 5.92 Å². The SMILES string of the molecule is CN(Cc1ccoc1)C(=O)C1CCCN(C2CCN(Cc3ccncc3)CC2)C1. The van der Waals surface area contributed by atoms with Crippen LogP contribution in [0.3, 0.4) is 0 Å². The summed E-state index contributed by atoms with van der Waals surface area (Å²) >= 11 is 0. The molecule has 156 valence electrons. The predicted molar refractivity (Wildman–Crippen MR) is 112 cm³/mol. The first kappa shape index (κ1) is 20.1. The summed E-state index contributed by atoms with van der Waals surface area (Å²) in [5.41, 5.74) is 2.39. The number of hydrogen-bond acceptors (Lipinski definition) is 5. The highest BCUT2D eigenvalue weighted by molar-refractivity contribution is 5.78. The molecule has 2 saturated heterocycles. The maximum atomic E-state index is 13.0. The number of piperidine rings is 2. The molecule has 1 unspecified atom stereocenters. The molecule has 6 nitrogen and oxygen atoms in total. The van der Waals surface area contributed by atoms with Crippen molar-refractivity contribution in [2.75, 3.05) is 33.2 Å². The fraction of sp³-hybridized carbons (Fsp3) is 0.565. The van der Waals surface area contributed by atoms with Crippen molar-refractivity contribution in [3.63, 3.8) is 0 Å². The Labute approximate surface area is 173 Å². The van der Waals surface area contributed by atoms with Gasteiger partial charge >= 0.3 is 0 Å². The van der Waals surface area contributed by atoms with E-state index in [4.69, 9.17) is 4.42 Å². The molecule has 1 amide bonds. The smallest absolute Gasteiger partial charge is 0.227 e. The molecule has 2 aliphatic heterocycles. The van der Waals surface area contributed by atoms with Gasteiger partial charge in [0.15, 0.2) is 0 Å². The molecule has 2 aliphatic rings. The first-order valence-electron chi connectivity index (χ1n) is 10.8. The van der Waals surface area contributed by atoms with Crippen LogP contribution in [0.25, 0.3) is 0 Å². The summed E-state index contributed by atoms with van der Waals surface area (Å²) in [7, 11) is 1.91. The van der Waals surface area contributed by atoms with E-state index in [9.17, 15) is 4.79 Å². The van der Waals surface area contributed by atoms with Gasteiger partial charge in [-0.05, 0) is 69.1 Å². The molecule has 2 fully saturated rings. The summed E-state index contributed by atoms with van der Waals surface area (Å²) in [4.78, 5) is 24.0. The quantitative estimate of drug-likeness (QED) is 0.751. The number of furan rings is 1. The number of aromatic nitrogens is 1. The van der Waals surface area contributed by atoms with Gasteiger partial charge in [0, 0.05) is 50.7 Å². The summed E-state index contributed by atoms with van der Waals surface area (Å²) in [5, 5.41) is 0. The Kier molecular flexibility index (Phi) is 6.62. The van der Waals surface area contributed by atoms with E-state index >= 15 is 0 Å². The maximum absolute atomic E-state index is 13.0. The average molecular weight is 397 g/mol. The zero-order chi connectivity index (χ0) is 20.1. The maximum Gasteiger partial charge on any atom is 0.227 e. The second kappa shape index (κ2) is 9.55. The molecule has 4 heterocycles. The van der Waals surface area contributed by atoms with Gasteiger partial charge in [-0.2, -0.15) is 0 Å². The van der Waals surface area contributed by atoms with Crippen LogP contribution in [0.15, 0.2) is 47.5 Å². The topological polar surface area (TPSA) is 52.8 Å². The summed E-state index contributed by atoms with van der Waals surface area (Å²) in [6, 6.07) is 6.75. The van der Waals surface area contributed by atoms with Crippen molar-refractivity contribution < 1.29 is 9.21 Å².